The van der Waals surface area contributed by atoms with Crippen molar-refractivity contribution in [1.29, 1.82) is 0 Å². The Morgan fingerprint density at radius 1 is 0.840 bits per heavy atom. The smallest absolute Gasteiger partial charge is 0.308 e. The molecule has 6 rings (SSSR count). The van der Waals surface area contributed by atoms with E-state index in [1.54, 1.807) is 21.0 Å². The first-order valence-corrected chi connectivity index (χ1v) is 19.8. The standard InChI is InChI=1S/C40H68O10/c1-21-12-13-28(45-33(21)26(6)36(41)42)18-29-19-30(44-11)27(7)40(47-29)25(5)20-38(9,50-40)32-14-15-37(8,48-32)35-23(3)17-31(46-35)34-22(2)16-24(4)39(10,43)49-34/h21-35,43H,12-20H2,1-11H3,(H,41,42)/t21-,22-,23-,24+,25?,26?,27+,28+,29+,30+,31?,32?,33?,34?,35?,37?,38?,39-,40+/m0/s1. The van der Waals surface area contributed by atoms with E-state index in [0.29, 0.717) is 18.3 Å². The number of rotatable bonds is 8. The summed E-state index contributed by atoms with van der Waals surface area (Å²) in [6.07, 6.45) is 6.64. The molecule has 2 N–H and O–H groups in total. The Bertz CT molecular complexity index is 1210. The number of carboxylic acid groups (broad SMARTS) is 1. The molecule has 0 aromatic carbocycles. The maximum atomic E-state index is 11.8. The van der Waals surface area contributed by atoms with Crippen molar-refractivity contribution in [1.82, 2.24) is 0 Å². The largest absolute Gasteiger partial charge is 0.481 e. The van der Waals surface area contributed by atoms with Crippen LogP contribution in [0.15, 0.2) is 0 Å². The van der Waals surface area contributed by atoms with Crippen molar-refractivity contribution in [2.45, 2.75) is 199 Å². The Morgan fingerprint density at radius 3 is 2.24 bits per heavy atom. The number of ether oxygens (including phenoxy) is 7. The predicted molar refractivity (Wildman–Crippen MR) is 187 cm³/mol. The van der Waals surface area contributed by atoms with Gasteiger partial charge in [-0.25, -0.2) is 0 Å². The van der Waals surface area contributed by atoms with Gasteiger partial charge < -0.3 is 43.4 Å². The highest BCUT2D eigenvalue weighted by Gasteiger charge is 2.65. The summed E-state index contributed by atoms with van der Waals surface area (Å²) in [7, 11) is 1.78. The Morgan fingerprint density at radius 2 is 1.56 bits per heavy atom. The molecular formula is C40H68O10. The van der Waals surface area contributed by atoms with Gasteiger partial charge in [0.05, 0.1) is 66.0 Å². The van der Waals surface area contributed by atoms with Crippen LogP contribution in [0.4, 0.5) is 0 Å². The molecule has 0 aromatic rings. The van der Waals surface area contributed by atoms with Crippen molar-refractivity contribution in [2.24, 2.45) is 41.4 Å². The first kappa shape index (κ1) is 38.9. The fourth-order valence-corrected chi connectivity index (χ4v) is 11.2. The fourth-order valence-electron chi connectivity index (χ4n) is 11.2. The summed E-state index contributed by atoms with van der Waals surface area (Å²) in [5, 5.41) is 20.6. The summed E-state index contributed by atoms with van der Waals surface area (Å²) in [5.74, 6) is -2.36. The molecule has 0 saturated carbocycles. The van der Waals surface area contributed by atoms with Gasteiger partial charge in [-0.2, -0.15) is 0 Å². The van der Waals surface area contributed by atoms with E-state index in [0.717, 1.165) is 51.4 Å². The van der Waals surface area contributed by atoms with E-state index in [1.807, 2.05) is 0 Å². The summed E-state index contributed by atoms with van der Waals surface area (Å²) in [6, 6.07) is 0. The molecule has 10 nitrogen and oxygen atoms in total. The average molecular weight is 709 g/mol. The molecule has 0 aromatic heterocycles. The lowest BCUT2D eigenvalue weighted by molar-refractivity contribution is -0.352. The maximum Gasteiger partial charge on any atom is 0.308 e. The molecular weight excluding hydrogens is 640 g/mol. The number of carbonyl (C=O) groups is 1. The number of carboxylic acids is 1. The molecule has 19 atom stereocenters. The molecule has 0 amide bonds. The molecule has 6 fully saturated rings. The van der Waals surface area contributed by atoms with E-state index >= 15 is 0 Å². The minimum atomic E-state index is -1.15. The zero-order valence-electron chi connectivity index (χ0n) is 32.7. The fraction of sp³-hybridized carbons (Fsp3) is 0.975. The van der Waals surface area contributed by atoms with Gasteiger partial charge in [-0.3, -0.25) is 4.79 Å². The van der Waals surface area contributed by atoms with Crippen LogP contribution in [0, 0.1) is 41.4 Å². The highest BCUT2D eigenvalue weighted by atomic mass is 16.7. The summed E-state index contributed by atoms with van der Waals surface area (Å²) >= 11 is 0. The van der Waals surface area contributed by atoms with E-state index in [-0.39, 0.29) is 72.5 Å². The lowest BCUT2D eigenvalue weighted by atomic mass is 9.78. The molecule has 288 valence electrons. The molecule has 6 heterocycles. The van der Waals surface area contributed by atoms with E-state index in [4.69, 9.17) is 33.2 Å². The first-order chi connectivity index (χ1) is 23.3. The van der Waals surface area contributed by atoms with Gasteiger partial charge >= 0.3 is 5.97 Å². The van der Waals surface area contributed by atoms with E-state index in [9.17, 15) is 15.0 Å². The summed E-state index contributed by atoms with van der Waals surface area (Å²) in [6.45, 7) is 21.0. The first-order valence-electron chi connectivity index (χ1n) is 19.8. The van der Waals surface area contributed by atoms with Gasteiger partial charge in [0.2, 0.25) is 0 Å². The van der Waals surface area contributed by atoms with Crippen LogP contribution in [0.2, 0.25) is 0 Å². The molecule has 9 unspecified atom stereocenters. The van der Waals surface area contributed by atoms with E-state index in [1.165, 1.54) is 0 Å². The molecule has 50 heavy (non-hydrogen) atoms. The van der Waals surface area contributed by atoms with Crippen LogP contribution in [-0.4, -0.2) is 94.9 Å². The topological polar surface area (TPSA) is 122 Å². The van der Waals surface area contributed by atoms with E-state index in [2.05, 4.69) is 55.4 Å². The van der Waals surface area contributed by atoms with Crippen molar-refractivity contribution in [3.8, 4) is 0 Å². The third kappa shape index (κ3) is 6.96. The molecule has 6 aliphatic heterocycles. The second kappa shape index (κ2) is 14.1. The monoisotopic (exact) mass is 708 g/mol. The summed E-state index contributed by atoms with van der Waals surface area (Å²) in [4.78, 5) is 11.8. The Labute approximate surface area is 300 Å². The van der Waals surface area contributed by atoms with Gasteiger partial charge in [-0.05, 0) is 90.4 Å². The number of aliphatic hydroxyl groups is 1. The highest BCUT2D eigenvalue weighted by Crippen LogP contribution is 2.57. The zero-order valence-corrected chi connectivity index (χ0v) is 32.7. The Kier molecular flexibility index (Phi) is 11.0. The molecule has 10 heteroatoms. The molecule has 0 bridgehead atoms. The minimum Gasteiger partial charge on any atom is -0.481 e. The Balaban J connectivity index is 1.13. The van der Waals surface area contributed by atoms with Gasteiger partial charge in [-0.1, -0.05) is 41.5 Å². The lowest BCUT2D eigenvalue weighted by Crippen LogP contribution is -2.58. The zero-order chi connectivity index (χ0) is 36.6. The number of aliphatic carboxylic acids is 1. The van der Waals surface area contributed by atoms with Crippen LogP contribution < -0.4 is 0 Å². The van der Waals surface area contributed by atoms with Gasteiger partial charge in [0, 0.05) is 37.7 Å². The quantitative estimate of drug-likeness (QED) is 0.281. The molecule has 0 aliphatic carbocycles. The summed E-state index contributed by atoms with van der Waals surface area (Å²) in [5.41, 5.74) is -1.02. The number of hydrogen-bond acceptors (Lipinski definition) is 9. The summed E-state index contributed by atoms with van der Waals surface area (Å²) < 4.78 is 47.2. The second-order valence-electron chi connectivity index (χ2n) is 18.4. The predicted octanol–water partition coefficient (Wildman–Crippen LogP) is 6.73. The van der Waals surface area contributed by atoms with Crippen molar-refractivity contribution in [2.75, 3.05) is 7.11 Å². The molecule has 1 spiro atoms. The van der Waals surface area contributed by atoms with Crippen LogP contribution in [0.5, 0.6) is 0 Å². The van der Waals surface area contributed by atoms with Crippen LogP contribution in [0.3, 0.4) is 0 Å². The van der Waals surface area contributed by atoms with Crippen LogP contribution in [-0.2, 0) is 38.0 Å². The van der Waals surface area contributed by atoms with Gasteiger partial charge in [-0.15, -0.1) is 0 Å². The number of hydrogen-bond donors (Lipinski definition) is 2. The van der Waals surface area contributed by atoms with Crippen LogP contribution in [0.25, 0.3) is 0 Å². The molecule has 6 aliphatic rings. The van der Waals surface area contributed by atoms with E-state index < -0.39 is 34.7 Å². The third-order valence-corrected chi connectivity index (χ3v) is 14.4. The van der Waals surface area contributed by atoms with Gasteiger partial charge in [0.15, 0.2) is 11.6 Å². The third-order valence-electron chi connectivity index (χ3n) is 14.4. The highest BCUT2D eigenvalue weighted by molar-refractivity contribution is 5.70. The molecule has 6 saturated heterocycles. The maximum absolute atomic E-state index is 11.8. The Hall–Kier alpha value is -0.850. The van der Waals surface area contributed by atoms with Gasteiger partial charge in [0.25, 0.3) is 0 Å². The van der Waals surface area contributed by atoms with Crippen LogP contribution >= 0.6 is 0 Å². The lowest BCUT2D eigenvalue weighted by Gasteiger charge is -2.50. The van der Waals surface area contributed by atoms with Crippen molar-refractivity contribution >= 4 is 5.97 Å². The average Bonchev–Trinajstić information content (AvgIpc) is 3.72. The normalized spacial score (nSPS) is 55.0. The molecule has 0 radical (unpaired) electrons. The van der Waals surface area contributed by atoms with Crippen molar-refractivity contribution in [3.05, 3.63) is 0 Å². The van der Waals surface area contributed by atoms with Crippen LogP contribution in [0.1, 0.15) is 127 Å². The SMILES string of the molecule is CO[C@@H]1C[C@@H](C[C@H]2CC[C@H](C)C(C(C)C(=O)O)O2)O[C@]2(OC(C)(C3CCC(C)(C4OC(C5O[C@](C)(O)[C@H](C)C[C@@H]5C)C[C@@H]4C)O3)CC2C)[C@@H]1C. The van der Waals surface area contributed by atoms with Crippen molar-refractivity contribution in [3.63, 3.8) is 0 Å². The second-order valence-corrected chi connectivity index (χ2v) is 18.4. The minimum absolute atomic E-state index is 0.0109. The van der Waals surface area contributed by atoms with Crippen molar-refractivity contribution < 1.29 is 48.2 Å². The van der Waals surface area contributed by atoms with Gasteiger partial charge in [0.1, 0.15) is 0 Å². The number of methoxy groups -OCH3 is 1.